The third-order valence-corrected chi connectivity index (χ3v) is 4.78. The van der Waals surface area contributed by atoms with Crippen molar-refractivity contribution in [1.29, 1.82) is 0 Å². The molecule has 0 radical (unpaired) electrons. The number of rotatable bonds is 8. The molecule has 2 aromatic carbocycles. The van der Waals surface area contributed by atoms with Crippen LogP contribution in [-0.4, -0.2) is 39.7 Å². The summed E-state index contributed by atoms with van der Waals surface area (Å²) in [7, 11) is 1.64. The Kier molecular flexibility index (Phi) is 5.93. The van der Waals surface area contributed by atoms with E-state index in [2.05, 4.69) is 26.7 Å². The number of nitrogens with zero attached hydrogens (tertiary/aromatic N) is 3. The van der Waals surface area contributed by atoms with E-state index in [1.54, 1.807) is 18.0 Å². The molecule has 0 bridgehead atoms. The Morgan fingerprint density at radius 3 is 2.83 bits per heavy atom. The lowest BCUT2D eigenvalue weighted by Gasteiger charge is -2.05. The molecule has 1 amide bonds. The number of ether oxygens (including phenoxy) is 2. The number of aromatic amines is 1. The number of H-pyrrole nitrogens is 1. The highest BCUT2D eigenvalue weighted by Crippen LogP contribution is 2.17. The summed E-state index contributed by atoms with van der Waals surface area (Å²) in [6, 6.07) is 15.8. The van der Waals surface area contributed by atoms with Crippen LogP contribution in [0.5, 0.6) is 5.75 Å². The minimum Gasteiger partial charge on any atom is -0.497 e. The van der Waals surface area contributed by atoms with Crippen molar-refractivity contribution in [2.45, 2.75) is 19.6 Å². The number of nitrogens with one attached hydrogen (secondary N) is 2. The van der Waals surface area contributed by atoms with Gasteiger partial charge in [-0.05, 0) is 35.7 Å². The van der Waals surface area contributed by atoms with E-state index in [4.69, 9.17) is 9.47 Å². The van der Waals surface area contributed by atoms with Gasteiger partial charge in [0, 0.05) is 23.6 Å². The number of aromatic nitrogens is 4. The number of alkyl carbamates (subject to hydrolysis) is 1. The molecular weight excluding hydrogens is 382 g/mol. The van der Waals surface area contributed by atoms with Crippen LogP contribution in [-0.2, 0) is 24.3 Å². The Balaban J connectivity index is 1.21. The first-order chi connectivity index (χ1) is 14.7. The average molecular weight is 405 g/mol. The Bertz CT molecular complexity index is 1120. The van der Waals surface area contributed by atoms with Gasteiger partial charge in [-0.3, -0.25) is 0 Å². The summed E-state index contributed by atoms with van der Waals surface area (Å²) in [5.74, 6) is 0.808. The zero-order valence-electron chi connectivity index (χ0n) is 16.7. The van der Waals surface area contributed by atoms with Crippen molar-refractivity contribution in [2.24, 2.45) is 0 Å². The van der Waals surface area contributed by atoms with Gasteiger partial charge in [0.1, 0.15) is 18.1 Å². The summed E-state index contributed by atoms with van der Waals surface area (Å²) >= 11 is 0. The van der Waals surface area contributed by atoms with Crippen molar-refractivity contribution in [2.75, 3.05) is 13.7 Å². The molecule has 2 heterocycles. The number of hydrogen-bond donors (Lipinski definition) is 2. The van der Waals surface area contributed by atoms with Crippen LogP contribution in [0.15, 0.2) is 60.9 Å². The second kappa shape index (κ2) is 9.13. The van der Waals surface area contributed by atoms with Gasteiger partial charge in [-0.25, -0.2) is 9.48 Å². The smallest absolute Gasteiger partial charge is 0.407 e. The minimum absolute atomic E-state index is 0.0710. The average Bonchev–Trinajstić information content (AvgIpc) is 3.40. The van der Waals surface area contributed by atoms with E-state index in [0.29, 0.717) is 18.8 Å². The fourth-order valence-electron chi connectivity index (χ4n) is 3.23. The van der Waals surface area contributed by atoms with Crippen LogP contribution in [0.4, 0.5) is 4.79 Å². The van der Waals surface area contributed by atoms with E-state index in [0.717, 1.165) is 28.8 Å². The first-order valence-corrected chi connectivity index (χ1v) is 9.69. The topological polar surface area (TPSA) is 94.1 Å². The Labute approximate surface area is 173 Å². The molecule has 4 rings (SSSR count). The van der Waals surface area contributed by atoms with Gasteiger partial charge in [-0.1, -0.05) is 35.5 Å². The third-order valence-electron chi connectivity index (χ3n) is 4.78. The lowest BCUT2D eigenvalue weighted by molar-refractivity contribution is 0.138. The Morgan fingerprint density at radius 2 is 2.00 bits per heavy atom. The van der Waals surface area contributed by atoms with Gasteiger partial charge in [0.15, 0.2) is 0 Å². The lowest BCUT2D eigenvalue weighted by Crippen LogP contribution is -2.26. The molecule has 154 valence electrons. The number of amides is 1. The van der Waals surface area contributed by atoms with Crippen LogP contribution in [0.1, 0.15) is 16.8 Å². The van der Waals surface area contributed by atoms with Gasteiger partial charge in [0.05, 0.1) is 19.9 Å². The predicted molar refractivity (Wildman–Crippen MR) is 112 cm³/mol. The standard InChI is InChI=1S/C22H23N5O3/c1-29-19-8-6-16(7-9-19)13-27-14-18(25-26-27)15-30-22(28)23-11-10-17-12-24-21-5-3-2-4-20(17)21/h2-9,12,14,24H,10-11,13,15H2,1H3,(H,23,28). The van der Waals surface area contributed by atoms with Gasteiger partial charge in [-0.15, -0.1) is 5.10 Å². The van der Waals surface area contributed by atoms with Crippen LogP contribution in [0.3, 0.4) is 0 Å². The lowest BCUT2D eigenvalue weighted by atomic mass is 10.1. The van der Waals surface area contributed by atoms with Gasteiger partial charge >= 0.3 is 6.09 Å². The fraction of sp³-hybridized carbons (Fsp3) is 0.227. The summed E-state index contributed by atoms with van der Waals surface area (Å²) in [6.45, 7) is 1.14. The fourth-order valence-corrected chi connectivity index (χ4v) is 3.23. The molecule has 0 aliphatic carbocycles. The normalized spacial score (nSPS) is 10.8. The molecule has 0 atom stereocenters. The molecule has 0 saturated carbocycles. The summed E-state index contributed by atoms with van der Waals surface area (Å²) in [6.07, 6.45) is 3.99. The molecular formula is C22H23N5O3. The maximum Gasteiger partial charge on any atom is 0.407 e. The van der Waals surface area contributed by atoms with Crippen LogP contribution in [0.25, 0.3) is 10.9 Å². The zero-order valence-corrected chi connectivity index (χ0v) is 16.7. The maximum absolute atomic E-state index is 12.0. The Hall–Kier alpha value is -3.81. The quantitative estimate of drug-likeness (QED) is 0.469. The van der Waals surface area contributed by atoms with Crippen molar-refractivity contribution < 1.29 is 14.3 Å². The highest BCUT2D eigenvalue weighted by Gasteiger charge is 2.08. The molecule has 2 aromatic heterocycles. The molecule has 0 fully saturated rings. The highest BCUT2D eigenvalue weighted by molar-refractivity contribution is 5.83. The van der Waals surface area contributed by atoms with Gasteiger partial charge in [0.2, 0.25) is 0 Å². The second-order valence-corrected chi connectivity index (χ2v) is 6.87. The first-order valence-electron chi connectivity index (χ1n) is 9.69. The summed E-state index contributed by atoms with van der Waals surface area (Å²) in [4.78, 5) is 15.2. The molecule has 4 aromatic rings. The van der Waals surface area contributed by atoms with Gasteiger partial charge in [0.25, 0.3) is 0 Å². The minimum atomic E-state index is -0.473. The summed E-state index contributed by atoms with van der Waals surface area (Å²) < 4.78 is 12.1. The maximum atomic E-state index is 12.0. The van der Waals surface area contributed by atoms with Crippen molar-refractivity contribution in [1.82, 2.24) is 25.3 Å². The number of carbonyl (C=O) groups is 1. The molecule has 0 saturated heterocycles. The number of fused-ring (bicyclic) bond motifs is 1. The van der Waals surface area contributed by atoms with Crippen molar-refractivity contribution in [3.05, 3.63) is 77.7 Å². The molecule has 0 spiro atoms. The number of para-hydroxylation sites is 1. The number of carbonyl (C=O) groups excluding carboxylic acids is 1. The number of hydrogen-bond acceptors (Lipinski definition) is 5. The van der Waals surface area contributed by atoms with Gasteiger partial charge in [-0.2, -0.15) is 0 Å². The van der Waals surface area contributed by atoms with Gasteiger partial charge < -0.3 is 19.8 Å². The molecule has 2 N–H and O–H groups in total. The number of benzene rings is 2. The molecule has 0 aliphatic rings. The zero-order chi connectivity index (χ0) is 20.8. The second-order valence-electron chi connectivity index (χ2n) is 6.87. The summed E-state index contributed by atoms with van der Waals surface area (Å²) in [5.41, 5.74) is 3.92. The van der Waals surface area contributed by atoms with Crippen molar-refractivity contribution in [3.63, 3.8) is 0 Å². The van der Waals surface area contributed by atoms with Crippen LogP contribution < -0.4 is 10.1 Å². The van der Waals surface area contributed by atoms with E-state index in [-0.39, 0.29) is 6.61 Å². The van der Waals surface area contributed by atoms with E-state index < -0.39 is 6.09 Å². The highest BCUT2D eigenvalue weighted by atomic mass is 16.5. The first kappa shape index (κ1) is 19.5. The third kappa shape index (κ3) is 4.78. The SMILES string of the molecule is COc1ccc(Cn2cc(COC(=O)NCCc3c[nH]c4ccccc34)nn2)cc1. The van der Waals surface area contributed by atoms with Crippen LogP contribution in [0.2, 0.25) is 0 Å². The van der Waals surface area contributed by atoms with E-state index in [1.807, 2.05) is 48.7 Å². The molecule has 8 heteroatoms. The molecule has 8 nitrogen and oxygen atoms in total. The number of methoxy groups -OCH3 is 1. The van der Waals surface area contributed by atoms with E-state index >= 15 is 0 Å². The molecule has 30 heavy (non-hydrogen) atoms. The van der Waals surface area contributed by atoms with E-state index in [1.165, 1.54) is 5.39 Å². The van der Waals surface area contributed by atoms with E-state index in [9.17, 15) is 4.79 Å². The largest absolute Gasteiger partial charge is 0.497 e. The Morgan fingerprint density at radius 1 is 1.17 bits per heavy atom. The van der Waals surface area contributed by atoms with Crippen molar-refractivity contribution in [3.8, 4) is 5.75 Å². The summed E-state index contributed by atoms with van der Waals surface area (Å²) in [5, 5.41) is 12.1. The monoisotopic (exact) mass is 405 g/mol. The predicted octanol–water partition coefficient (Wildman–Crippen LogP) is 3.29. The van der Waals surface area contributed by atoms with Crippen LogP contribution >= 0.6 is 0 Å². The van der Waals surface area contributed by atoms with Crippen molar-refractivity contribution >= 4 is 17.0 Å². The molecule has 0 aliphatic heterocycles. The molecule has 0 unspecified atom stereocenters. The van der Waals surface area contributed by atoms with Crippen LogP contribution in [0, 0.1) is 0 Å².